The number of anilines is 3. The summed E-state index contributed by atoms with van der Waals surface area (Å²) in [7, 11) is 0. The van der Waals surface area contributed by atoms with Gasteiger partial charge in [0, 0.05) is 66.8 Å². The van der Waals surface area contributed by atoms with E-state index in [0.717, 1.165) is 60.8 Å². The molecule has 4 heterocycles. The lowest BCUT2D eigenvalue weighted by Crippen LogP contribution is -2.43. The van der Waals surface area contributed by atoms with Crippen LogP contribution in [0.25, 0.3) is 5.57 Å². The van der Waals surface area contributed by atoms with Crippen LogP contribution in [0.3, 0.4) is 0 Å². The van der Waals surface area contributed by atoms with E-state index in [2.05, 4.69) is 67.4 Å². The molecular weight excluding hydrogens is 504 g/mol. The summed E-state index contributed by atoms with van der Waals surface area (Å²) in [4.78, 5) is 21.9. The molecule has 0 bridgehead atoms. The van der Waals surface area contributed by atoms with E-state index in [1.165, 1.54) is 10.5 Å². The minimum atomic E-state index is -0.0921. The van der Waals surface area contributed by atoms with Crippen LogP contribution in [0.1, 0.15) is 59.8 Å². The van der Waals surface area contributed by atoms with Gasteiger partial charge in [-0.25, -0.2) is 5.01 Å². The number of allylic oxidation sites excluding steroid dienone is 1. The SMILES string of the molecule is CCC1C=NN(c2cc(NC(=O)c3ccc(C(C)(C)C)s3)ccc2C)C=C1c1cncc(N2CCNCC2)c1. The van der Waals surface area contributed by atoms with E-state index in [0.29, 0.717) is 4.88 Å². The molecule has 2 N–H and O–H groups in total. The second-order valence-electron chi connectivity index (χ2n) is 11.2. The van der Waals surface area contributed by atoms with Crippen molar-refractivity contribution in [2.24, 2.45) is 11.0 Å². The number of carbonyl (C=O) groups is 1. The average molecular weight is 543 g/mol. The topological polar surface area (TPSA) is 72.9 Å². The molecule has 5 rings (SSSR count). The van der Waals surface area contributed by atoms with Crippen molar-refractivity contribution in [1.82, 2.24) is 10.3 Å². The molecule has 1 saturated heterocycles. The molecule has 39 heavy (non-hydrogen) atoms. The third kappa shape index (κ3) is 6.07. The van der Waals surface area contributed by atoms with Crippen LogP contribution in [-0.4, -0.2) is 43.3 Å². The van der Waals surface area contributed by atoms with Crippen molar-refractivity contribution < 1.29 is 4.79 Å². The summed E-state index contributed by atoms with van der Waals surface area (Å²) >= 11 is 1.55. The zero-order chi connectivity index (χ0) is 27.6. The number of hydrazone groups is 1. The Balaban J connectivity index is 1.40. The summed E-state index contributed by atoms with van der Waals surface area (Å²) in [6, 6.07) is 12.2. The highest BCUT2D eigenvalue weighted by molar-refractivity contribution is 7.14. The molecule has 2 aromatic heterocycles. The number of piperazine rings is 1. The number of nitrogens with one attached hydrogen (secondary N) is 2. The Morgan fingerprint density at radius 1 is 1.13 bits per heavy atom. The van der Waals surface area contributed by atoms with Crippen molar-refractivity contribution in [2.45, 2.75) is 46.5 Å². The minimum Gasteiger partial charge on any atom is -0.368 e. The summed E-state index contributed by atoms with van der Waals surface area (Å²) in [5, 5.41) is 13.2. The second kappa shape index (κ2) is 11.3. The van der Waals surface area contributed by atoms with Gasteiger partial charge in [0.05, 0.1) is 22.4 Å². The lowest BCUT2D eigenvalue weighted by atomic mass is 9.91. The van der Waals surface area contributed by atoms with Gasteiger partial charge in [-0.15, -0.1) is 11.3 Å². The average Bonchev–Trinajstić information content (AvgIpc) is 3.46. The Labute approximate surface area is 235 Å². The molecule has 0 spiro atoms. The van der Waals surface area contributed by atoms with Gasteiger partial charge >= 0.3 is 0 Å². The molecule has 1 unspecified atom stereocenters. The van der Waals surface area contributed by atoms with Gasteiger partial charge in [-0.05, 0) is 60.2 Å². The van der Waals surface area contributed by atoms with E-state index >= 15 is 0 Å². The minimum absolute atomic E-state index is 0.0207. The summed E-state index contributed by atoms with van der Waals surface area (Å²) < 4.78 is 0. The highest BCUT2D eigenvalue weighted by Crippen LogP contribution is 2.35. The molecule has 0 aliphatic carbocycles. The van der Waals surface area contributed by atoms with Crippen LogP contribution in [0, 0.1) is 12.8 Å². The van der Waals surface area contributed by atoms with Gasteiger partial charge in [0.25, 0.3) is 5.91 Å². The highest BCUT2D eigenvalue weighted by atomic mass is 32.1. The summed E-state index contributed by atoms with van der Waals surface area (Å²) in [6.07, 6.45) is 9.01. The van der Waals surface area contributed by atoms with Crippen molar-refractivity contribution in [3.05, 3.63) is 75.9 Å². The Morgan fingerprint density at radius 3 is 2.64 bits per heavy atom. The molecule has 1 atom stereocenters. The Kier molecular flexibility index (Phi) is 7.86. The monoisotopic (exact) mass is 542 g/mol. The predicted molar refractivity (Wildman–Crippen MR) is 164 cm³/mol. The molecule has 0 radical (unpaired) electrons. The number of nitrogens with zero attached hydrogens (tertiary/aromatic N) is 4. The van der Waals surface area contributed by atoms with Crippen LogP contribution in [-0.2, 0) is 5.41 Å². The van der Waals surface area contributed by atoms with Gasteiger partial charge in [-0.2, -0.15) is 5.10 Å². The maximum absolute atomic E-state index is 13.0. The number of carbonyl (C=O) groups excluding carboxylic acids is 1. The van der Waals surface area contributed by atoms with Gasteiger partial charge in [-0.3, -0.25) is 9.78 Å². The van der Waals surface area contributed by atoms with Crippen LogP contribution in [0.4, 0.5) is 17.1 Å². The van der Waals surface area contributed by atoms with Gasteiger partial charge in [-0.1, -0.05) is 33.8 Å². The zero-order valence-electron chi connectivity index (χ0n) is 23.5. The standard InChI is InChI=1S/C31H38N6OS/c1-6-22-18-34-37(20-26(22)23-15-25(19-33-17-23)36-13-11-32-12-14-36)27-16-24(8-7-21(27)2)35-30(38)28-9-10-29(39-28)31(3,4)5/h7-10,15-20,22,32H,6,11-14H2,1-5H3,(H,35,38). The summed E-state index contributed by atoms with van der Waals surface area (Å²) in [6.45, 7) is 14.7. The lowest BCUT2D eigenvalue weighted by Gasteiger charge is -2.30. The molecule has 2 aliphatic rings. The smallest absolute Gasteiger partial charge is 0.265 e. The van der Waals surface area contributed by atoms with E-state index in [9.17, 15) is 4.79 Å². The first kappa shape index (κ1) is 27.1. The number of aryl methyl sites for hydroxylation is 1. The van der Waals surface area contributed by atoms with Crippen molar-refractivity contribution in [3.8, 4) is 0 Å². The van der Waals surface area contributed by atoms with Crippen molar-refractivity contribution in [3.63, 3.8) is 0 Å². The van der Waals surface area contributed by atoms with E-state index in [1.54, 1.807) is 11.3 Å². The molecule has 8 heteroatoms. The molecule has 3 aromatic rings. The summed E-state index contributed by atoms with van der Waals surface area (Å²) in [5.74, 6) is 0.117. The maximum atomic E-state index is 13.0. The third-order valence-corrected chi connectivity index (χ3v) is 8.80. The molecule has 1 amide bonds. The number of amides is 1. The molecule has 7 nitrogen and oxygen atoms in total. The molecule has 204 valence electrons. The van der Waals surface area contributed by atoms with Gasteiger partial charge in [0.1, 0.15) is 0 Å². The first-order valence-electron chi connectivity index (χ1n) is 13.7. The Morgan fingerprint density at radius 2 is 1.92 bits per heavy atom. The Hall–Kier alpha value is -3.49. The normalized spacial score (nSPS) is 17.8. The number of hydrogen-bond donors (Lipinski definition) is 2. The van der Waals surface area contributed by atoms with Crippen molar-refractivity contribution in [1.29, 1.82) is 0 Å². The van der Waals surface area contributed by atoms with Crippen molar-refractivity contribution in [2.75, 3.05) is 41.4 Å². The molecular formula is C31H38N6OS. The van der Waals surface area contributed by atoms with Crippen LogP contribution < -0.4 is 20.5 Å². The second-order valence-corrected chi connectivity index (χ2v) is 12.3. The largest absolute Gasteiger partial charge is 0.368 e. The van der Waals surface area contributed by atoms with E-state index in [1.807, 2.05) is 53.9 Å². The quantitative estimate of drug-likeness (QED) is 0.383. The van der Waals surface area contributed by atoms with Crippen LogP contribution >= 0.6 is 11.3 Å². The first-order chi connectivity index (χ1) is 18.7. The molecule has 2 aliphatic heterocycles. The van der Waals surface area contributed by atoms with Gasteiger partial charge < -0.3 is 15.5 Å². The van der Waals surface area contributed by atoms with E-state index in [-0.39, 0.29) is 17.2 Å². The van der Waals surface area contributed by atoms with E-state index < -0.39 is 0 Å². The third-order valence-electron chi connectivity index (χ3n) is 7.29. The molecule has 0 saturated carbocycles. The number of hydrogen-bond acceptors (Lipinski definition) is 7. The van der Waals surface area contributed by atoms with E-state index in [4.69, 9.17) is 5.10 Å². The number of thiophene rings is 1. The van der Waals surface area contributed by atoms with Crippen molar-refractivity contribution >= 4 is 46.1 Å². The number of benzene rings is 1. The Bertz CT molecular complexity index is 1400. The highest BCUT2D eigenvalue weighted by Gasteiger charge is 2.23. The first-order valence-corrected chi connectivity index (χ1v) is 14.5. The maximum Gasteiger partial charge on any atom is 0.265 e. The number of aromatic nitrogens is 1. The predicted octanol–water partition coefficient (Wildman–Crippen LogP) is 6.28. The fourth-order valence-electron chi connectivity index (χ4n) is 4.91. The molecule has 1 fully saturated rings. The van der Waals surface area contributed by atoms with Gasteiger partial charge in [0.2, 0.25) is 0 Å². The van der Waals surface area contributed by atoms with Crippen LogP contribution in [0.15, 0.2) is 60.1 Å². The fourth-order valence-corrected chi connectivity index (χ4v) is 5.87. The number of rotatable bonds is 6. The number of pyridine rings is 1. The van der Waals surface area contributed by atoms with Crippen LogP contribution in [0.5, 0.6) is 0 Å². The zero-order valence-corrected chi connectivity index (χ0v) is 24.3. The summed E-state index contributed by atoms with van der Waals surface area (Å²) in [5.41, 5.74) is 6.24. The van der Waals surface area contributed by atoms with Crippen LogP contribution in [0.2, 0.25) is 0 Å². The fraction of sp³-hybridized carbons (Fsp3) is 0.387. The van der Waals surface area contributed by atoms with Gasteiger partial charge in [0.15, 0.2) is 0 Å². The molecule has 1 aromatic carbocycles. The lowest BCUT2D eigenvalue weighted by molar-refractivity contribution is 0.103.